The minimum absolute atomic E-state index is 0.0631. The molecule has 2 aliphatic rings. The summed E-state index contributed by atoms with van der Waals surface area (Å²) < 4.78 is 33.7. The lowest BCUT2D eigenvalue weighted by Gasteiger charge is -2.26. The maximum atomic E-state index is 12.9. The van der Waals surface area contributed by atoms with Crippen molar-refractivity contribution in [3.05, 3.63) is 59.2 Å². The molecule has 7 nitrogen and oxygen atoms in total. The summed E-state index contributed by atoms with van der Waals surface area (Å²) in [4.78, 5) is 15.5. The van der Waals surface area contributed by atoms with Crippen LogP contribution < -0.4 is 10.0 Å². The Labute approximate surface area is 196 Å². The number of sulfonamides is 1. The number of carbonyl (C=O) groups is 1. The first kappa shape index (κ1) is 23.7. The summed E-state index contributed by atoms with van der Waals surface area (Å²) in [5.41, 5.74) is 2.53. The third-order valence-electron chi connectivity index (χ3n) is 6.55. The van der Waals surface area contributed by atoms with Crippen LogP contribution >= 0.6 is 0 Å². The number of anilines is 1. The van der Waals surface area contributed by atoms with E-state index in [1.807, 2.05) is 31.2 Å². The molecule has 0 unspecified atom stereocenters. The average molecular weight is 472 g/mol. The molecule has 1 aliphatic carbocycles. The van der Waals surface area contributed by atoms with Crippen LogP contribution in [0.2, 0.25) is 0 Å². The van der Waals surface area contributed by atoms with Crippen molar-refractivity contribution in [2.75, 3.05) is 44.1 Å². The molecule has 1 heterocycles. The molecule has 2 aromatic rings. The van der Waals surface area contributed by atoms with E-state index in [0.717, 1.165) is 63.2 Å². The van der Waals surface area contributed by atoms with E-state index in [-0.39, 0.29) is 10.8 Å². The molecule has 1 amide bonds. The van der Waals surface area contributed by atoms with Gasteiger partial charge in [-0.2, -0.15) is 0 Å². The maximum Gasteiger partial charge on any atom is 0.262 e. The van der Waals surface area contributed by atoms with Crippen LogP contribution in [0.3, 0.4) is 0 Å². The number of benzene rings is 2. The first-order valence-corrected chi connectivity index (χ1v) is 13.1. The predicted molar refractivity (Wildman–Crippen MR) is 129 cm³/mol. The van der Waals surface area contributed by atoms with Gasteiger partial charge in [0.15, 0.2) is 0 Å². The van der Waals surface area contributed by atoms with Gasteiger partial charge in [-0.05, 0) is 74.5 Å². The Balaban J connectivity index is 1.34. The number of carbonyl (C=O) groups excluding carboxylic acids is 1. The van der Waals surface area contributed by atoms with Crippen molar-refractivity contribution in [3.63, 3.8) is 0 Å². The van der Waals surface area contributed by atoms with Gasteiger partial charge in [0, 0.05) is 25.3 Å². The fourth-order valence-electron chi connectivity index (χ4n) is 4.33. The van der Waals surface area contributed by atoms with E-state index in [4.69, 9.17) is 4.74 Å². The summed E-state index contributed by atoms with van der Waals surface area (Å²) in [6.07, 6.45) is 2.55. The largest absolute Gasteiger partial charge is 0.379 e. The SMILES string of the molecule is Cc1ccc(C)c(S(=O)(=O)Nc2ccc(C3(C(=O)NCCCN4CCOCC4)CC3)cc2)c1. The minimum atomic E-state index is -3.68. The first-order valence-electron chi connectivity index (χ1n) is 11.6. The molecule has 178 valence electrons. The third kappa shape index (κ3) is 5.57. The standard InChI is InChI=1S/C25H33N3O4S/c1-19-4-5-20(2)23(18-19)33(30,31)27-22-8-6-21(7-9-22)25(10-11-25)24(29)26-12-3-13-28-14-16-32-17-15-28/h4-9,18,27H,3,10-17H2,1-2H3,(H,26,29). The normalized spacial score (nSPS) is 18.0. The molecule has 0 bridgehead atoms. The van der Waals surface area contributed by atoms with E-state index in [1.54, 1.807) is 25.1 Å². The molecule has 4 rings (SSSR count). The van der Waals surface area contributed by atoms with E-state index in [0.29, 0.717) is 17.8 Å². The van der Waals surface area contributed by atoms with Gasteiger partial charge in [0.1, 0.15) is 0 Å². The minimum Gasteiger partial charge on any atom is -0.379 e. The number of hydrogen-bond donors (Lipinski definition) is 2. The zero-order chi connectivity index (χ0) is 23.5. The number of hydrogen-bond acceptors (Lipinski definition) is 5. The zero-order valence-electron chi connectivity index (χ0n) is 19.4. The Morgan fingerprint density at radius 2 is 1.76 bits per heavy atom. The lowest BCUT2D eigenvalue weighted by atomic mass is 9.95. The van der Waals surface area contributed by atoms with E-state index < -0.39 is 15.4 Å². The molecule has 2 N–H and O–H groups in total. The van der Waals surface area contributed by atoms with E-state index in [2.05, 4.69) is 14.9 Å². The van der Waals surface area contributed by atoms with Crippen LogP contribution in [0.4, 0.5) is 5.69 Å². The second-order valence-corrected chi connectivity index (χ2v) is 10.7. The molecular formula is C25H33N3O4S. The Bertz CT molecular complexity index is 1090. The highest BCUT2D eigenvalue weighted by Crippen LogP contribution is 2.48. The average Bonchev–Trinajstić information content (AvgIpc) is 3.61. The lowest BCUT2D eigenvalue weighted by Crippen LogP contribution is -2.39. The van der Waals surface area contributed by atoms with E-state index in [1.165, 1.54) is 0 Å². The summed E-state index contributed by atoms with van der Waals surface area (Å²) in [7, 11) is -3.68. The lowest BCUT2D eigenvalue weighted by molar-refractivity contribution is -0.123. The molecule has 1 aliphatic heterocycles. The summed E-state index contributed by atoms with van der Waals surface area (Å²) in [6.45, 7) is 8.76. The van der Waals surface area contributed by atoms with Crippen LogP contribution in [0.25, 0.3) is 0 Å². The number of nitrogens with one attached hydrogen (secondary N) is 2. The number of amides is 1. The van der Waals surface area contributed by atoms with Crippen LogP contribution in [0.15, 0.2) is 47.4 Å². The van der Waals surface area contributed by atoms with Gasteiger partial charge in [-0.3, -0.25) is 14.4 Å². The molecular weight excluding hydrogens is 438 g/mol. The number of ether oxygens (including phenoxy) is 1. The quantitative estimate of drug-likeness (QED) is 0.549. The fraction of sp³-hybridized carbons (Fsp3) is 0.480. The van der Waals surface area contributed by atoms with Crippen LogP contribution in [0.1, 0.15) is 36.0 Å². The van der Waals surface area contributed by atoms with Gasteiger partial charge in [0.05, 0.1) is 23.5 Å². The molecule has 0 spiro atoms. The summed E-state index contributed by atoms with van der Waals surface area (Å²) in [6, 6.07) is 12.6. The Morgan fingerprint density at radius 3 is 2.42 bits per heavy atom. The van der Waals surface area contributed by atoms with Gasteiger partial charge < -0.3 is 10.1 Å². The van der Waals surface area contributed by atoms with Crippen molar-refractivity contribution >= 4 is 21.6 Å². The molecule has 0 atom stereocenters. The Kier molecular flexibility index (Phi) is 7.07. The fourth-order valence-corrected chi connectivity index (χ4v) is 5.72. The van der Waals surface area contributed by atoms with E-state index >= 15 is 0 Å². The topological polar surface area (TPSA) is 87.7 Å². The summed E-state index contributed by atoms with van der Waals surface area (Å²) >= 11 is 0. The summed E-state index contributed by atoms with van der Waals surface area (Å²) in [5.74, 6) is 0.0631. The van der Waals surface area contributed by atoms with Crippen molar-refractivity contribution in [3.8, 4) is 0 Å². The van der Waals surface area contributed by atoms with Gasteiger partial charge >= 0.3 is 0 Å². The van der Waals surface area contributed by atoms with Gasteiger partial charge in [-0.25, -0.2) is 8.42 Å². The third-order valence-corrected chi connectivity index (χ3v) is 8.07. The van der Waals surface area contributed by atoms with Crippen molar-refractivity contribution < 1.29 is 17.9 Å². The number of rotatable bonds is 9. The van der Waals surface area contributed by atoms with Gasteiger partial charge in [0.2, 0.25) is 5.91 Å². The molecule has 1 saturated carbocycles. The van der Waals surface area contributed by atoms with Crippen molar-refractivity contribution in [1.82, 2.24) is 10.2 Å². The van der Waals surface area contributed by atoms with Crippen LogP contribution in [0.5, 0.6) is 0 Å². The maximum absolute atomic E-state index is 12.9. The first-order chi connectivity index (χ1) is 15.8. The van der Waals surface area contributed by atoms with E-state index in [9.17, 15) is 13.2 Å². The Morgan fingerprint density at radius 1 is 1.06 bits per heavy atom. The second kappa shape index (κ2) is 9.83. The van der Waals surface area contributed by atoms with Crippen LogP contribution in [0, 0.1) is 13.8 Å². The van der Waals surface area contributed by atoms with Gasteiger partial charge in [0.25, 0.3) is 10.0 Å². The zero-order valence-corrected chi connectivity index (χ0v) is 20.2. The van der Waals surface area contributed by atoms with Gasteiger partial charge in [-0.1, -0.05) is 24.3 Å². The predicted octanol–water partition coefficient (Wildman–Crippen LogP) is 2.97. The highest BCUT2D eigenvalue weighted by Gasteiger charge is 2.51. The number of aryl methyl sites for hydroxylation is 2. The Hall–Kier alpha value is -2.42. The monoisotopic (exact) mass is 471 g/mol. The second-order valence-electron chi connectivity index (χ2n) is 9.10. The molecule has 2 aromatic carbocycles. The van der Waals surface area contributed by atoms with Crippen molar-refractivity contribution in [2.45, 2.75) is 43.4 Å². The number of morpholine rings is 1. The molecule has 0 aromatic heterocycles. The molecule has 8 heteroatoms. The molecule has 2 fully saturated rings. The highest BCUT2D eigenvalue weighted by atomic mass is 32.2. The van der Waals surface area contributed by atoms with Gasteiger partial charge in [-0.15, -0.1) is 0 Å². The molecule has 1 saturated heterocycles. The summed E-state index contributed by atoms with van der Waals surface area (Å²) in [5, 5.41) is 3.10. The highest BCUT2D eigenvalue weighted by molar-refractivity contribution is 7.92. The van der Waals surface area contributed by atoms with Crippen molar-refractivity contribution in [2.24, 2.45) is 0 Å². The van der Waals surface area contributed by atoms with Crippen molar-refractivity contribution in [1.29, 1.82) is 0 Å². The molecule has 0 radical (unpaired) electrons. The number of nitrogens with zero attached hydrogens (tertiary/aromatic N) is 1. The molecule has 33 heavy (non-hydrogen) atoms. The van der Waals surface area contributed by atoms with Crippen LogP contribution in [-0.2, 0) is 25.0 Å². The van der Waals surface area contributed by atoms with Crippen LogP contribution in [-0.4, -0.2) is 58.6 Å². The smallest absolute Gasteiger partial charge is 0.262 e.